The van der Waals surface area contributed by atoms with Gasteiger partial charge in [0.05, 0.1) is 19.3 Å². The van der Waals surface area contributed by atoms with Gasteiger partial charge in [0.15, 0.2) is 6.29 Å². The molecule has 3 rings (SSSR count). The minimum atomic E-state index is -0.0320. The van der Waals surface area contributed by atoms with Crippen molar-refractivity contribution in [1.29, 1.82) is 0 Å². The maximum absolute atomic E-state index is 12.6. The van der Waals surface area contributed by atoms with Crippen LogP contribution in [-0.4, -0.2) is 55.5 Å². The van der Waals surface area contributed by atoms with Gasteiger partial charge in [0.2, 0.25) is 5.91 Å². The van der Waals surface area contributed by atoms with Crippen LogP contribution < -0.4 is 5.32 Å². The van der Waals surface area contributed by atoms with E-state index >= 15 is 0 Å². The number of carbonyl (C=O) groups excluding carboxylic acids is 1. The van der Waals surface area contributed by atoms with Crippen LogP contribution in [0.5, 0.6) is 0 Å². The van der Waals surface area contributed by atoms with Crippen molar-refractivity contribution in [3.05, 3.63) is 0 Å². The molecule has 3 aliphatic rings. The molecule has 0 spiro atoms. The molecule has 5 heteroatoms. The Labute approximate surface area is 140 Å². The molecular formula is C18H32N2O3. The Morgan fingerprint density at radius 2 is 1.74 bits per heavy atom. The van der Waals surface area contributed by atoms with Gasteiger partial charge < -0.3 is 14.8 Å². The van der Waals surface area contributed by atoms with Crippen molar-refractivity contribution in [3.8, 4) is 0 Å². The monoisotopic (exact) mass is 324 g/mol. The van der Waals surface area contributed by atoms with Crippen molar-refractivity contribution in [2.75, 3.05) is 26.3 Å². The zero-order valence-corrected chi connectivity index (χ0v) is 14.6. The van der Waals surface area contributed by atoms with Crippen molar-refractivity contribution in [2.45, 2.75) is 70.7 Å². The minimum absolute atomic E-state index is 0.00984. The number of rotatable bonds is 4. The van der Waals surface area contributed by atoms with E-state index in [1.165, 1.54) is 19.3 Å². The molecule has 132 valence electrons. The number of likely N-dealkylation sites (tertiary alicyclic amines) is 1. The molecule has 0 aromatic carbocycles. The zero-order chi connectivity index (χ0) is 16.2. The highest BCUT2D eigenvalue weighted by Crippen LogP contribution is 2.27. The SMILES string of the molecule is CC1CCCCC1NC(=O)C(C)N1CCC(C2OCCO2)CC1. The van der Waals surface area contributed by atoms with E-state index < -0.39 is 0 Å². The molecule has 3 fully saturated rings. The number of hydrogen-bond acceptors (Lipinski definition) is 4. The van der Waals surface area contributed by atoms with Gasteiger partial charge in [0, 0.05) is 12.0 Å². The summed E-state index contributed by atoms with van der Waals surface area (Å²) >= 11 is 0. The third-order valence-corrected chi connectivity index (χ3v) is 5.97. The van der Waals surface area contributed by atoms with Gasteiger partial charge in [0.1, 0.15) is 0 Å². The van der Waals surface area contributed by atoms with E-state index in [1.807, 2.05) is 6.92 Å². The molecule has 2 aliphatic heterocycles. The van der Waals surface area contributed by atoms with Gasteiger partial charge in [-0.15, -0.1) is 0 Å². The minimum Gasteiger partial charge on any atom is -0.352 e. The van der Waals surface area contributed by atoms with E-state index in [9.17, 15) is 4.79 Å². The van der Waals surface area contributed by atoms with Crippen LogP contribution in [0.25, 0.3) is 0 Å². The number of ether oxygens (including phenoxy) is 2. The van der Waals surface area contributed by atoms with Crippen molar-refractivity contribution in [1.82, 2.24) is 10.2 Å². The Morgan fingerprint density at radius 3 is 2.39 bits per heavy atom. The fourth-order valence-electron chi connectivity index (χ4n) is 4.23. The third kappa shape index (κ3) is 4.25. The second-order valence-corrected chi connectivity index (χ2v) is 7.54. The molecule has 3 atom stereocenters. The van der Waals surface area contributed by atoms with E-state index in [2.05, 4.69) is 17.1 Å². The van der Waals surface area contributed by atoms with Gasteiger partial charge in [-0.25, -0.2) is 0 Å². The molecule has 3 unspecified atom stereocenters. The number of piperidine rings is 1. The van der Waals surface area contributed by atoms with Gasteiger partial charge in [-0.05, 0) is 51.6 Å². The first kappa shape index (κ1) is 17.2. The second kappa shape index (κ2) is 7.95. The van der Waals surface area contributed by atoms with Crippen LogP contribution in [0, 0.1) is 11.8 Å². The highest BCUT2D eigenvalue weighted by atomic mass is 16.7. The molecule has 0 aromatic heterocycles. The topological polar surface area (TPSA) is 50.8 Å². The zero-order valence-electron chi connectivity index (χ0n) is 14.6. The molecule has 23 heavy (non-hydrogen) atoms. The van der Waals surface area contributed by atoms with Crippen LogP contribution in [0.2, 0.25) is 0 Å². The highest BCUT2D eigenvalue weighted by Gasteiger charge is 2.34. The molecule has 2 saturated heterocycles. The third-order valence-electron chi connectivity index (χ3n) is 5.97. The molecule has 5 nitrogen and oxygen atoms in total. The lowest BCUT2D eigenvalue weighted by molar-refractivity contribution is -0.129. The lowest BCUT2D eigenvalue weighted by Crippen LogP contribution is -2.52. The Balaban J connectivity index is 1.44. The molecule has 1 saturated carbocycles. The first-order valence-corrected chi connectivity index (χ1v) is 9.43. The van der Waals surface area contributed by atoms with E-state index in [0.717, 1.165) is 45.6 Å². The van der Waals surface area contributed by atoms with Crippen molar-refractivity contribution in [2.24, 2.45) is 11.8 Å². The van der Waals surface area contributed by atoms with Crippen LogP contribution in [0.15, 0.2) is 0 Å². The summed E-state index contributed by atoms with van der Waals surface area (Å²) in [6.07, 6.45) is 7.04. The predicted molar refractivity (Wildman–Crippen MR) is 89.0 cm³/mol. The van der Waals surface area contributed by atoms with Gasteiger partial charge in [-0.3, -0.25) is 9.69 Å². The van der Waals surface area contributed by atoms with Gasteiger partial charge in [-0.1, -0.05) is 19.8 Å². The Bertz CT molecular complexity index is 390. The summed E-state index contributed by atoms with van der Waals surface area (Å²) in [5.41, 5.74) is 0. The summed E-state index contributed by atoms with van der Waals surface area (Å²) in [6, 6.07) is 0.340. The molecule has 0 aromatic rings. The molecule has 1 N–H and O–H groups in total. The number of nitrogens with one attached hydrogen (secondary N) is 1. The van der Waals surface area contributed by atoms with Crippen LogP contribution in [0.3, 0.4) is 0 Å². The molecule has 2 heterocycles. The summed E-state index contributed by atoms with van der Waals surface area (Å²) in [5.74, 6) is 1.31. The lowest BCUT2D eigenvalue weighted by atomic mass is 9.86. The molecule has 0 radical (unpaired) electrons. The molecule has 1 aliphatic carbocycles. The van der Waals surface area contributed by atoms with Gasteiger partial charge >= 0.3 is 0 Å². The fraction of sp³-hybridized carbons (Fsp3) is 0.944. The number of nitrogens with zero attached hydrogens (tertiary/aromatic N) is 1. The van der Waals surface area contributed by atoms with Crippen LogP contribution >= 0.6 is 0 Å². The quantitative estimate of drug-likeness (QED) is 0.861. The lowest BCUT2D eigenvalue weighted by Gasteiger charge is -2.38. The van der Waals surface area contributed by atoms with Crippen molar-refractivity contribution >= 4 is 5.91 Å². The summed E-state index contributed by atoms with van der Waals surface area (Å²) in [6.45, 7) is 7.69. The van der Waals surface area contributed by atoms with Crippen LogP contribution in [-0.2, 0) is 14.3 Å². The highest BCUT2D eigenvalue weighted by molar-refractivity contribution is 5.81. The van der Waals surface area contributed by atoms with Gasteiger partial charge in [-0.2, -0.15) is 0 Å². The van der Waals surface area contributed by atoms with Crippen molar-refractivity contribution in [3.63, 3.8) is 0 Å². The first-order chi connectivity index (χ1) is 11.1. The van der Waals surface area contributed by atoms with Crippen molar-refractivity contribution < 1.29 is 14.3 Å². The first-order valence-electron chi connectivity index (χ1n) is 9.43. The van der Waals surface area contributed by atoms with Crippen LogP contribution in [0.1, 0.15) is 52.4 Å². The summed E-state index contributed by atoms with van der Waals surface area (Å²) in [4.78, 5) is 14.9. The maximum Gasteiger partial charge on any atom is 0.237 e. The number of carbonyl (C=O) groups is 1. The average molecular weight is 324 g/mol. The summed E-state index contributed by atoms with van der Waals surface area (Å²) in [7, 11) is 0. The molecular weight excluding hydrogens is 292 g/mol. The Morgan fingerprint density at radius 1 is 1.09 bits per heavy atom. The molecule has 0 bridgehead atoms. The fourth-order valence-corrected chi connectivity index (χ4v) is 4.23. The van der Waals surface area contributed by atoms with E-state index in [4.69, 9.17) is 9.47 Å². The molecule has 1 amide bonds. The van der Waals surface area contributed by atoms with E-state index in [0.29, 0.717) is 17.9 Å². The Hall–Kier alpha value is -0.650. The number of amides is 1. The largest absolute Gasteiger partial charge is 0.352 e. The second-order valence-electron chi connectivity index (χ2n) is 7.54. The normalized spacial score (nSPS) is 32.8. The Kier molecular flexibility index (Phi) is 5.94. The van der Waals surface area contributed by atoms with E-state index in [1.54, 1.807) is 0 Å². The summed E-state index contributed by atoms with van der Waals surface area (Å²) in [5, 5.41) is 3.30. The average Bonchev–Trinajstić information content (AvgIpc) is 3.11. The smallest absolute Gasteiger partial charge is 0.237 e. The number of hydrogen-bond donors (Lipinski definition) is 1. The van der Waals surface area contributed by atoms with Gasteiger partial charge in [0.25, 0.3) is 0 Å². The predicted octanol–water partition coefficient (Wildman–Crippen LogP) is 2.15. The van der Waals surface area contributed by atoms with E-state index in [-0.39, 0.29) is 18.2 Å². The standard InChI is InChI=1S/C18H32N2O3/c1-13-5-3-4-6-16(13)19-17(21)14(2)20-9-7-15(8-10-20)18-22-11-12-23-18/h13-16,18H,3-12H2,1-2H3,(H,19,21). The summed E-state index contributed by atoms with van der Waals surface area (Å²) < 4.78 is 11.3. The van der Waals surface area contributed by atoms with Crippen LogP contribution in [0.4, 0.5) is 0 Å². The maximum atomic E-state index is 12.6.